The van der Waals surface area contributed by atoms with Crippen LogP contribution in [0.2, 0.25) is 0 Å². The molecule has 0 aromatic rings. The summed E-state index contributed by atoms with van der Waals surface area (Å²) < 4.78 is 17.7. The lowest BCUT2D eigenvalue weighted by Crippen LogP contribution is -2.16. The van der Waals surface area contributed by atoms with Crippen molar-refractivity contribution in [1.29, 1.82) is 0 Å². The standard InChI is InChI=1S/C14H29O2P/c1-12(10-14(2,3)4)11-17(15)16-13-8-6-5-7-9-13/h12-13,17H,5-11H2,1-4H3. The second kappa shape index (κ2) is 6.95. The van der Waals surface area contributed by atoms with Crippen LogP contribution in [0.25, 0.3) is 0 Å². The molecule has 0 aromatic carbocycles. The quantitative estimate of drug-likeness (QED) is 0.658. The maximum absolute atomic E-state index is 12.0. The normalized spacial score (nSPS) is 22.4. The monoisotopic (exact) mass is 260 g/mol. The van der Waals surface area contributed by atoms with Crippen molar-refractivity contribution in [3.8, 4) is 0 Å². The first-order valence-electron chi connectivity index (χ1n) is 7.06. The van der Waals surface area contributed by atoms with Crippen molar-refractivity contribution in [2.45, 2.75) is 72.3 Å². The summed E-state index contributed by atoms with van der Waals surface area (Å²) in [4.78, 5) is 0. The van der Waals surface area contributed by atoms with Crippen LogP contribution in [0, 0.1) is 11.3 Å². The Bertz CT molecular complexity index is 239. The molecule has 2 unspecified atom stereocenters. The third kappa shape index (κ3) is 7.26. The molecule has 1 aliphatic rings. The van der Waals surface area contributed by atoms with Crippen molar-refractivity contribution in [2.75, 3.05) is 6.16 Å². The van der Waals surface area contributed by atoms with E-state index in [1.54, 1.807) is 0 Å². The number of rotatable bonds is 5. The molecular weight excluding hydrogens is 231 g/mol. The van der Waals surface area contributed by atoms with Gasteiger partial charge in [0.2, 0.25) is 0 Å². The fourth-order valence-corrected chi connectivity index (χ4v) is 4.24. The Morgan fingerprint density at radius 1 is 1.24 bits per heavy atom. The molecule has 0 spiro atoms. The maximum atomic E-state index is 12.0. The molecule has 1 aliphatic carbocycles. The molecule has 0 radical (unpaired) electrons. The van der Waals surface area contributed by atoms with Crippen molar-refractivity contribution in [3.63, 3.8) is 0 Å². The second-order valence-corrected chi connectivity index (χ2v) is 8.21. The Morgan fingerprint density at radius 2 is 1.82 bits per heavy atom. The first-order valence-corrected chi connectivity index (χ1v) is 8.59. The first kappa shape index (κ1) is 15.2. The molecule has 2 nitrogen and oxygen atoms in total. The molecule has 17 heavy (non-hydrogen) atoms. The molecular formula is C14H29O2P. The van der Waals surface area contributed by atoms with Crippen LogP contribution in [-0.2, 0) is 9.09 Å². The molecule has 0 saturated heterocycles. The minimum Gasteiger partial charge on any atom is -0.327 e. The van der Waals surface area contributed by atoms with Gasteiger partial charge in [-0.15, -0.1) is 0 Å². The zero-order valence-electron chi connectivity index (χ0n) is 11.9. The molecule has 102 valence electrons. The van der Waals surface area contributed by atoms with Gasteiger partial charge in [0.25, 0.3) is 0 Å². The predicted octanol–water partition coefficient (Wildman–Crippen LogP) is 4.88. The lowest BCUT2D eigenvalue weighted by molar-refractivity contribution is 0.164. The topological polar surface area (TPSA) is 26.3 Å². The summed E-state index contributed by atoms with van der Waals surface area (Å²) in [6, 6.07) is 0. The highest BCUT2D eigenvalue weighted by Gasteiger charge is 2.20. The van der Waals surface area contributed by atoms with Crippen molar-refractivity contribution < 1.29 is 9.09 Å². The summed E-state index contributed by atoms with van der Waals surface area (Å²) in [7, 11) is -1.81. The predicted molar refractivity (Wildman–Crippen MR) is 75.1 cm³/mol. The zero-order valence-corrected chi connectivity index (χ0v) is 12.9. The highest BCUT2D eigenvalue weighted by molar-refractivity contribution is 7.39. The molecule has 0 aliphatic heterocycles. The van der Waals surface area contributed by atoms with Crippen LogP contribution >= 0.6 is 8.03 Å². The molecule has 2 atom stereocenters. The van der Waals surface area contributed by atoms with E-state index in [0.717, 1.165) is 25.4 Å². The SMILES string of the molecule is CC(C[PH](=O)OC1CCCCC1)CC(C)(C)C. The minimum atomic E-state index is -1.81. The number of hydrogen-bond donors (Lipinski definition) is 0. The van der Waals surface area contributed by atoms with E-state index in [9.17, 15) is 4.57 Å². The van der Waals surface area contributed by atoms with Crippen LogP contribution in [0.15, 0.2) is 0 Å². The molecule has 0 amide bonds. The largest absolute Gasteiger partial charge is 0.327 e. The molecule has 0 bridgehead atoms. The minimum absolute atomic E-state index is 0.289. The van der Waals surface area contributed by atoms with Gasteiger partial charge in [-0.25, -0.2) is 0 Å². The van der Waals surface area contributed by atoms with Gasteiger partial charge in [-0.2, -0.15) is 0 Å². The average Bonchev–Trinajstić information content (AvgIpc) is 2.15. The summed E-state index contributed by atoms with van der Waals surface area (Å²) >= 11 is 0. The van der Waals surface area contributed by atoms with Crippen LogP contribution in [0.1, 0.15) is 66.2 Å². The zero-order chi connectivity index (χ0) is 12.9. The lowest BCUT2D eigenvalue weighted by Gasteiger charge is -2.25. The van der Waals surface area contributed by atoms with Crippen LogP contribution in [0.4, 0.5) is 0 Å². The van der Waals surface area contributed by atoms with E-state index in [1.165, 1.54) is 19.3 Å². The van der Waals surface area contributed by atoms with Gasteiger partial charge in [-0.05, 0) is 30.6 Å². The van der Waals surface area contributed by atoms with Gasteiger partial charge in [0, 0.05) is 6.16 Å². The van der Waals surface area contributed by atoms with E-state index >= 15 is 0 Å². The van der Waals surface area contributed by atoms with Crippen molar-refractivity contribution >= 4 is 8.03 Å². The van der Waals surface area contributed by atoms with Gasteiger partial charge in [0.05, 0.1) is 6.10 Å². The van der Waals surface area contributed by atoms with Gasteiger partial charge in [0.1, 0.15) is 0 Å². The lowest BCUT2D eigenvalue weighted by atomic mass is 9.86. The summed E-state index contributed by atoms with van der Waals surface area (Å²) in [6.07, 6.45) is 8.22. The van der Waals surface area contributed by atoms with Crippen molar-refractivity contribution in [1.82, 2.24) is 0 Å². The van der Waals surface area contributed by atoms with Gasteiger partial charge in [0.15, 0.2) is 8.03 Å². The third-order valence-electron chi connectivity index (χ3n) is 3.33. The van der Waals surface area contributed by atoms with Gasteiger partial charge in [-0.1, -0.05) is 47.0 Å². The molecule has 1 saturated carbocycles. The van der Waals surface area contributed by atoms with E-state index in [0.29, 0.717) is 11.3 Å². The Morgan fingerprint density at radius 3 is 2.35 bits per heavy atom. The Kier molecular flexibility index (Phi) is 6.23. The van der Waals surface area contributed by atoms with E-state index in [1.807, 2.05) is 0 Å². The molecule has 3 heteroatoms. The molecule has 0 heterocycles. The molecule has 1 fully saturated rings. The van der Waals surface area contributed by atoms with Gasteiger partial charge in [-0.3, -0.25) is 4.57 Å². The van der Waals surface area contributed by atoms with Crippen molar-refractivity contribution in [2.24, 2.45) is 11.3 Å². The number of hydrogen-bond acceptors (Lipinski definition) is 2. The highest BCUT2D eigenvalue weighted by Crippen LogP contribution is 2.35. The Hall–Kier alpha value is 0.190. The maximum Gasteiger partial charge on any atom is 0.192 e. The van der Waals surface area contributed by atoms with E-state index in [2.05, 4.69) is 27.7 Å². The van der Waals surface area contributed by atoms with Gasteiger partial charge >= 0.3 is 0 Å². The van der Waals surface area contributed by atoms with Crippen LogP contribution < -0.4 is 0 Å². The molecule has 1 rings (SSSR count). The van der Waals surface area contributed by atoms with E-state index < -0.39 is 8.03 Å². The van der Waals surface area contributed by atoms with Crippen LogP contribution in [0.5, 0.6) is 0 Å². The fraction of sp³-hybridized carbons (Fsp3) is 1.00. The van der Waals surface area contributed by atoms with Gasteiger partial charge < -0.3 is 4.52 Å². The third-order valence-corrected chi connectivity index (χ3v) is 4.95. The van der Waals surface area contributed by atoms with E-state index in [-0.39, 0.29) is 6.10 Å². The van der Waals surface area contributed by atoms with E-state index in [4.69, 9.17) is 4.52 Å². The summed E-state index contributed by atoms with van der Waals surface area (Å²) in [6.45, 7) is 8.91. The summed E-state index contributed by atoms with van der Waals surface area (Å²) in [5.74, 6) is 0.505. The first-order chi connectivity index (χ1) is 7.87. The average molecular weight is 260 g/mol. The Labute approximate surface area is 107 Å². The summed E-state index contributed by atoms with van der Waals surface area (Å²) in [5, 5.41) is 0. The Balaban J connectivity index is 2.23. The molecule has 0 N–H and O–H groups in total. The van der Waals surface area contributed by atoms with Crippen LogP contribution in [0.3, 0.4) is 0 Å². The highest BCUT2D eigenvalue weighted by atomic mass is 31.1. The summed E-state index contributed by atoms with van der Waals surface area (Å²) in [5.41, 5.74) is 0.326. The fourth-order valence-electron chi connectivity index (χ4n) is 2.82. The van der Waals surface area contributed by atoms with Crippen LogP contribution in [-0.4, -0.2) is 12.3 Å². The smallest absolute Gasteiger partial charge is 0.192 e. The second-order valence-electron chi connectivity index (χ2n) is 6.82. The molecule has 0 aromatic heterocycles. The van der Waals surface area contributed by atoms with Crippen molar-refractivity contribution in [3.05, 3.63) is 0 Å².